The Hall–Kier alpha value is -2.62. The number of hydrogen-bond donors (Lipinski definition) is 2. The Bertz CT molecular complexity index is 1050. The van der Waals surface area contributed by atoms with Crippen LogP contribution in [0.2, 0.25) is 0 Å². The molecule has 3 aromatic rings. The molecule has 6 nitrogen and oxygen atoms in total. The number of aryl methyl sites for hydroxylation is 1. The van der Waals surface area contributed by atoms with E-state index < -0.39 is 0 Å². The average Bonchev–Trinajstić information content (AvgIpc) is 3.24. The highest BCUT2D eigenvalue weighted by atomic mass is 127. The van der Waals surface area contributed by atoms with Crippen molar-refractivity contribution in [1.82, 2.24) is 20.2 Å². The lowest BCUT2D eigenvalue weighted by Gasteiger charge is -2.36. The Morgan fingerprint density at radius 1 is 1.21 bits per heavy atom. The summed E-state index contributed by atoms with van der Waals surface area (Å²) in [5, 5.41) is 6.96. The summed E-state index contributed by atoms with van der Waals surface area (Å²) in [5.74, 6) is 1.54. The van der Waals surface area contributed by atoms with Gasteiger partial charge in [0.15, 0.2) is 5.96 Å². The van der Waals surface area contributed by atoms with Crippen molar-refractivity contribution in [3.8, 4) is 0 Å². The summed E-state index contributed by atoms with van der Waals surface area (Å²) in [6, 6.07) is 15.7. The van der Waals surface area contributed by atoms with Crippen LogP contribution in [0, 0.1) is 12.7 Å². The van der Waals surface area contributed by atoms with E-state index in [2.05, 4.69) is 54.3 Å². The molecule has 0 spiro atoms. The Morgan fingerprint density at radius 2 is 2.03 bits per heavy atom. The van der Waals surface area contributed by atoms with Crippen LogP contribution in [-0.4, -0.2) is 41.7 Å². The van der Waals surface area contributed by atoms with Gasteiger partial charge in [-0.3, -0.25) is 4.99 Å². The molecule has 1 unspecified atom stereocenters. The van der Waals surface area contributed by atoms with Gasteiger partial charge < -0.3 is 20.1 Å². The number of hydrogen-bond acceptors (Lipinski definition) is 3. The summed E-state index contributed by atoms with van der Waals surface area (Å²) in [6.07, 6.45) is 5.98. The molecule has 2 N–H and O–H groups in total. The van der Waals surface area contributed by atoms with E-state index in [4.69, 9.17) is 0 Å². The van der Waals surface area contributed by atoms with E-state index in [0.29, 0.717) is 6.54 Å². The molecule has 1 atom stereocenters. The molecule has 1 aliphatic rings. The molecule has 2 heterocycles. The Kier molecular flexibility index (Phi) is 9.11. The van der Waals surface area contributed by atoms with Gasteiger partial charge >= 0.3 is 0 Å². The third kappa shape index (κ3) is 6.69. The zero-order valence-corrected chi connectivity index (χ0v) is 21.5. The summed E-state index contributed by atoms with van der Waals surface area (Å²) in [4.78, 5) is 11.3. The Morgan fingerprint density at radius 3 is 2.79 bits per heavy atom. The molecule has 1 aliphatic heterocycles. The molecule has 0 radical (unpaired) electrons. The molecule has 4 rings (SSSR count). The second-order valence-corrected chi connectivity index (χ2v) is 8.24. The average molecular weight is 562 g/mol. The minimum atomic E-state index is -0.187. The van der Waals surface area contributed by atoms with Gasteiger partial charge in [-0.2, -0.15) is 0 Å². The van der Waals surface area contributed by atoms with Crippen LogP contribution in [0.1, 0.15) is 29.8 Å². The van der Waals surface area contributed by atoms with Crippen molar-refractivity contribution in [1.29, 1.82) is 0 Å². The number of aliphatic imine (C=N–C) groups is 1. The van der Waals surface area contributed by atoms with Crippen LogP contribution in [0.25, 0.3) is 0 Å². The third-order valence-corrected chi connectivity index (χ3v) is 5.90. The topological polar surface area (TPSA) is 57.5 Å². The molecular weight excluding hydrogens is 530 g/mol. The summed E-state index contributed by atoms with van der Waals surface area (Å²) in [6.45, 7) is 5.18. The molecule has 33 heavy (non-hydrogen) atoms. The predicted molar refractivity (Wildman–Crippen MR) is 143 cm³/mol. The number of nitrogens with zero attached hydrogens (tertiary/aromatic N) is 4. The predicted octanol–water partition coefficient (Wildman–Crippen LogP) is 4.33. The van der Waals surface area contributed by atoms with Crippen LogP contribution in [0.3, 0.4) is 0 Å². The van der Waals surface area contributed by atoms with Gasteiger partial charge in [-0.15, -0.1) is 24.0 Å². The fraction of sp³-hybridized carbons (Fsp3) is 0.360. The lowest BCUT2D eigenvalue weighted by molar-refractivity contribution is 0.467. The number of nitrogens with one attached hydrogen (secondary N) is 2. The summed E-state index contributed by atoms with van der Waals surface area (Å²) in [7, 11) is 1.79. The molecule has 2 aromatic carbocycles. The lowest BCUT2D eigenvalue weighted by Crippen LogP contribution is -2.51. The highest BCUT2D eigenvalue weighted by Crippen LogP contribution is 2.24. The molecule has 1 fully saturated rings. The van der Waals surface area contributed by atoms with Gasteiger partial charge in [0.2, 0.25) is 0 Å². The Balaban J connectivity index is 0.00000306. The zero-order valence-electron chi connectivity index (χ0n) is 19.2. The third-order valence-electron chi connectivity index (χ3n) is 5.90. The van der Waals surface area contributed by atoms with Crippen LogP contribution in [-0.2, 0) is 13.1 Å². The van der Waals surface area contributed by atoms with E-state index in [9.17, 15) is 4.39 Å². The summed E-state index contributed by atoms with van der Waals surface area (Å²) >= 11 is 0. The van der Waals surface area contributed by atoms with Crippen molar-refractivity contribution < 1.29 is 4.39 Å². The summed E-state index contributed by atoms with van der Waals surface area (Å²) < 4.78 is 15.6. The van der Waals surface area contributed by atoms with Crippen LogP contribution in [0.5, 0.6) is 0 Å². The smallest absolute Gasteiger partial charge is 0.191 e. The van der Waals surface area contributed by atoms with Crippen LogP contribution >= 0.6 is 24.0 Å². The van der Waals surface area contributed by atoms with E-state index in [1.807, 2.05) is 31.5 Å². The highest BCUT2D eigenvalue weighted by Gasteiger charge is 2.22. The molecule has 1 saturated heterocycles. The van der Waals surface area contributed by atoms with Gasteiger partial charge in [0.1, 0.15) is 11.6 Å². The number of imidazole rings is 1. The molecule has 0 aliphatic carbocycles. The second-order valence-electron chi connectivity index (χ2n) is 8.24. The van der Waals surface area contributed by atoms with E-state index in [-0.39, 0.29) is 35.8 Å². The van der Waals surface area contributed by atoms with Gasteiger partial charge in [0.25, 0.3) is 0 Å². The van der Waals surface area contributed by atoms with Crippen LogP contribution < -0.4 is 15.5 Å². The van der Waals surface area contributed by atoms with Gasteiger partial charge in [-0.1, -0.05) is 30.3 Å². The first-order valence-corrected chi connectivity index (χ1v) is 11.1. The number of rotatable bonds is 6. The monoisotopic (exact) mass is 562 g/mol. The normalized spacial score (nSPS) is 16.3. The van der Waals surface area contributed by atoms with Crippen molar-refractivity contribution in [3.63, 3.8) is 0 Å². The molecule has 0 saturated carbocycles. The first kappa shape index (κ1) is 25.0. The maximum absolute atomic E-state index is 13.5. The van der Waals surface area contributed by atoms with Crippen molar-refractivity contribution in [3.05, 3.63) is 83.7 Å². The minimum Gasteiger partial charge on any atom is -0.369 e. The van der Waals surface area contributed by atoms with E-state index in [1.54, 1.807) is 13.1 Å². The largest absolute Gasteiger partial charge is 0.369 e. The molecular formula is C25H32FIN6. The second kappa shape index (κ2) is 12.0. The fourth-order valence-electron chi connectivity index (χ4n) is 4.27. The van der Waals surface area contributed by atoms with Crippen molar-refractivity contribution in [2.75, 3.05) is 25.0 Å². The molecule has 8 heteroatoms. The van der Waals surface area contributed by atoms with Crippen LogP contribution in [0.4, 0.5) is 10.1 Å². The lowest BCUT2D eigenvalue weighted by atomic mass is 10.0. The standard InChI is InChI=1S/C25H31FN6.HI/c1-19-15-21(26)10-11-23(19)31-13-6-9-22(18-31)30-25(27-2)29-16-24-28-12-14-32(24)17-20-7-4-3-5-8-20;/h3-5,7-8,10-12,14-15,22H,6,9,13,16-18H2,1-2H3,(H2,27,29,30);1H. The number of aromatic nitrogens is 2. The fourth-order valence-corrected chi connectivity index (χ4v) is 4.27. The van der Waals surface area contributed by atoms with Crippen molar-refractivity contribution >= 4 is 35.6 Å². The van der Waals surface area contributed by atoms with Gasteiger partial charge in [0.05, 0.1) is 6.54 Å². The highest BCUT2D eigenvalue weighted by molar-refractivity contribution is 14.0. The van der Waals surface area contributed by atoms with Crippen molar-refractivity contribution in [2.45, 2.75) is 38.9 Å². The first-order valence-electron chi connectivity index (χ1n) is 11.1. The first-order chi connectivity index (χ1) is 15.6. The zero-order chi connectivity index (χ0) is 22.3. The molecule has 176 valence electrons. The SMILES string of the molecule is CN=C(NCc1nccn1Cc1ccccc1)NC1CCCN(c2ccc(F)cc2C)C1.I. The summed E-state index contributed by atoms with van der Waals surface area (Å²) in [5.41, 5.74) is 3.31. The maximum atomic E-state index is 13.5. The maximum Gasteiger partial charge on any atom is 0.191 e. The number of guanidine groups is 1. The Labute approximate surface area is 212 Å². The number of halogens is 2. The molecule has 1 aromatic heterocycles. The van der Waals surface area contributed by atoms with E-state index >= 15 is 0 Å². The number of anilines is 1. The van der Waals surface area contributed by atoms with Crippen LogP contribution in [0.15, 0.2) is 65.9 Å². The quantitative estimate of drug-likeness (QED) is 0.267. The number of benzene rings is 2. The minimum absolute atomic E-state index is 0. The van der Waals surface area contributed by atoms with Gasteiger partial charge in [-0.05, 0) is 49.1 Å². The number of piperidine rings is 1. The van der Waals surface area contributed by atoms with E-state index in [1.165, 1.54) is 11.6 Å². The molecule has 0 amide bonds. The van der Waals surface area contributed by atoms with Crippen molar-refractivity contribution in [2.24, 2.45) is 4.99 Å². The van der Waals surface area contributed by atoms with Gasteiger partial charge in [0, 0.05) is 50.8 Å². The van der Waals surface area contributed by atoms with E-state index in [0.717, 1.165) is 55.5 Å². The van der Waals surface area contributed by atoms with Gasteiger partial charge in [-0.25, -0.2) is 9.37 Å². The molecule has 0 bridgehead atoms.